The molecule has 0 radical (unpaired) electrons. The standard InChI is InChI=1S/C25H34O6/c1-14-6-7-19-20(8-9-22(24(19,3)4)31-15(2)28)25(14,5)11-17-21(29)10-16(12-26)18(13-27)23(17)30/h8,10,13-14,19,22,26,29-30H,6-7,9,11-12H2,1-5H3. The number of phenols is 2. The monoisotopic (exact) mass is 430 g/mol. The summed E-state index contributed by atoms with van der Waals surface area (Å²) in [6.07, 6.45) is 5.45. The molecule has 0 aromatic heterocycles. The van der Waals surface area contributed by atoms with Gasteiger partial charge in [-0.3, -0.25) is 9.59 Å². The number of fused-ring (bicyclic) bond motifs is 1. The highest BCUT2D eigenvalue weighted by molar-refractivity contribution is 5.83. The van der Waals surface area contributed by atoms with E-state index in [0.29, 0.717) is 24.7 Å². The molecular weight excluding hydrogens is 396 g/mol. The maximum atomic E-state index is 11.6. The minimum atomic E-state index is -0.442. The van der Waals surface area contributed by atoms with Crippen LogP contribution in [-0.2, 0) is 22.6 Å². The molecule has 1 aromatic carbocycles. The number of ether oxygens (including phenoxy) is 1. The Hall–Kier alpha value is -2.34. The Morgan fingerprint density at radius 3 is 2.52 bits per heavy atom. The first-order chi connectivity index (χ1) is 14.5. The molecule has 1 fully saturated rings. The topological polar surface area (TPSA) is 104 Å². The Morgan fingerprint density at radius 2 is 1.94 bits per heavy atom. The lowest BCUT2D eigenvalue weighted by atomic mass is 9.51. The number of benzene rings is 1. The summed E-state index contributed by atoms with van der Waals surface area (Å²) >= 11 is 0. The number of aliphatic hydroxyl groups excluding tert-OH is 1. The minimum Gasteiger partial charge on any atom is -0.508 e. The Balaban J connectivity index is 2.06. The summed E-state index contributed by atoms with van der Waals surface area (Å²) in [5.74, 6) is -0.160. The number of esters is 1. The molecule has 0 heterocycles. The van der Waals surface area contributed by atoms with Crippen LogP contribution < -0.4 is 0 Å². The average Bonchev–Trinajstić information content (AvgIpc) is 2.69. The van der Waals surface area contributed by atoms with Crippen LogP contribution in [0, 0.1) is 22.7 Å². The number of carbonyl (C=O) groups excluding carboxylic acids is 2. The van der Waals surface area contributed by atoms with Crippen molar-refractivity contribution in [1.29, 1.82) is 0 Å². The van der Waals surface area contributed by atoms with E-state index >= 15 is 0 Å². The van der Waals surface area contributed by atoms with E-state index < -0.39 is 6.61 Å². The van der Waals surface area contributed by atoms with Gasteiger partial charge in [-0.2, -0.15) is 0 Å². The van der Waals surface area contributed by atoms with Crippen molar-refractivity contribution in [2.75, 3.05) is 0 Å². The highest BCUT2D eigenvalue weighted by Gasteiger charge is 2.52. The number of aromatic hydroxyl groups is 2. The van der Waals surface area contributed by atoms with Crippen molar-refractivity contribution in [2.45, 2.75) is 73.0 Å². The molecule has 6 nitrogen and oxygen atoms in total. The van der Waals surface area contributed by atoms with Crippen LogP contribution >= 0.6 is 0 Å². The summed E-state index contributed by atoms with van der Waals surface area (Å²) in [6.45, 7) is 9.61. The van der Waals surface area contributed by atoms with Crippen LogP contribution in [0.2, 0.25) is 0 Å². The van der Waals surface area contributed by atoms with Gasteiger partial charge >= 0.3 is 5.97 Å². The maximum Gasteiger partial charge on any atom is 0.302 e. The summed E-state index contributed by atoms with van der Waals surface area (Å²) in [6, 6.07) is 1.36. The van der Waals surface area contributed by atoms with Crippen LogP contribution in [0.4, 0.5) is 0 Å². The second kappa shape index (κ2) is 8.30. The van der Waals surface area contributed by atoms with Crippen LogP contribution in [0.15, 0.2) is 17.7 Å². The fraction of sp³-hybridized carbons (Fsp3) is 0.600. The number of carbonyl (C=O) groups is 2. The van der Waals surface area contributed by atoms with Crippen molar-refractivity contribution < 1.29 is 29.6 Å². The quantitative estimate of drug-likeness (QED) is 0.366. The van der Waals surface area contributed by atoms with Crippen molar-refractivity contribution in [3.63, 3.8) is 0 Å². The third-order valence-electron chi connectivity index (χ3n) is 7.94. The van der Waals surface area contributed by atoms with Gasteiger partial charge in [0.1, 0.15) is 17.6 Å². The zero-order chi connectivity index (χ0) is 23.1. The van der Waals surface area contributed by atoms with Crippen LogP contribution in [0.5, 0.6) is 11.5 Å². The number of phenolic OH excluding ortho intramolecular Hbond substituents is 2. The van der Waals surface area contributed by atoms with E-state index in [1.54, 1.807) is 0 Å². The molecular formula is C25H34O6. The number of hydrogen-bond acceptors (Lipinski definition) is 6. The van der Waals surface area contributed by atoms with Crippen LogP contribution in [0.1, 0.15) is 75.4 Å². The zero-order valence-electron chi connectivity index (χ0n) is 19.1. The Labute approximate surface area is 183 Å². The van der Waals surface area contributed by atoms with E-state index in [0.717, 1.165) is 12.8 Å². The molecule has 6 heteroatoms. The van der Waals surface area contributed by atoms with Crippen LogP contribution in [0.3, 0.4) is 0 Å². The number of aliphatic hydroxyl groups is 1. The van der Waals surface area contributed by atoms with Gasteiger partial charge < -0.3 is 20.1 Å². The molecule has 0 spiro atoms. The largest absolute Gasteiger partial charge is 0.508 e. The lowest BCUT2D eigenvalue weighted by molar-refractivity contribution is -0.156. The van der Waals surface area contributed by atoms with Gasteiger partial charge in [-0.1, -0.05) is 39.3 Å². The fourth-order valence-electron chi connectivity index (χ4n) is 5.73. The lowest BCUT2D eigenvalue weighted by Gasteiger charge is -2.55. The SMILES string of the molecule is CC(=O)OC1CC=C2C(CCC(C)C2(C)Cc2c(O)cc(CO)c(C=O)c2O)C1(C)C. The lowest BCUT2D eigenvalue weighted by Crippen LogP contribution is -2.50. The minimum absolute atomic E-state index is 0.0202. The Kier molecular flexibility index (Phi) is 6.25. The first-order valence-electron chi connectivity index (χ1n) is 11.0. The molecule has 4 unspecified atom stereocenters. The smallest absolute Gasteiger partial charge is 0.302 e. The van der Waals surface area contributed by atoms with Gasteiger partial charge in [0, 0.05) is 24.3 Å². The molecule has 0 aliphatic heterocycles. The average molecular weight is 431 g/mol. The van der Waals surface area contributed by atoms with E-state index in [-0.39, 0.29) is 57.4 Å². The molecule has 0 amide bonds. The normalized spacial score (nSPS) is 29.6. The molecule has 170 valence electrons. The zero-order valence-corrected chi connectivity index (χ0v) is 19.1. The van der Waals surface area contributed by atoms with E-state index in [9.17, 15) is 24.9 Å². The van der Waals surface area contributed by atoms with E-state index in [1.807, 2.05) is 0 Å². The summed E-state index contributed by atoms with van der Waals surface area (Å²) in [5, 5.41) is 30.9. The predicted octanol–water partition coefficient (Wildman–Crippen LogP) is 4.29. The second-order valence-corrected chi connectivity index (χ2v) is 10.0. The molecule has 0 saturated heterocycles. The van der Waals surface area contributed by atoms with Gasteiger partial charge in [0.2, 0.25) is 0 Å². The van der Waals surface area contributed by atoms with E-state index in [2.05, 4.69) is 33.8 Å². The number of aldehydes is 1. The summed E-state index contributed by atoms with van der Waals surface area (Å²) in [7, 11) is 0. The number of rotatable bonds is 5. The predicted molar refractivity (Wildman–Crippen MR) is 117 cm³/mol. The molecule has 1 saturated carbocycles. The van der Waals surface area contributed by atoms with Crippen molar-refractivity contribution in [2.24, 2.45) is 22.7 Å². The van der Waals surface area contributed by atoms with E-state index in [1.165, 1.54) is 18.6 Å². The van der Waals surface area contributed by atoms with Gasteiger partial charge in [0.25, 0.3) is 0 Å². The first kappa shape index (κ1) is 23.3. The molecule has 1 aromatic rings. The van der Waals surface area contributed by atoms with Gasteiger partial charge in [-0.05, 0) is 48.1 Å². The Morgan fingerprint density at radius 1 is 1.26 bits per heavy atom. The molecule has 0 bridgehead atoms. The highest BCUT2D eigenvalue weighted by Crippen LogP contribution is 2.59. The third-order valence-corrected chi connectivity index (χ3v) is 7.94. The first-order valence-corrected chi connectivity index (χ1v) is 11.0. The Bertz CT molecular complexity index is 915. The van der Waals surface area contributed by atoms with Crippen molar-refractivity contribution in [3.05, 3.63) is 34.4 Å². The maximum absolute atomic E-state index is 11.6. The molecule has 2 aliphatic carbocycles. The summed E-state index contributed by atoms with van der Waals surface area (Å²) in [5.41, 5.74) is 1.22. The highest BCUT2D eigenvalue weighted by atomic mass is 16.5. The van der Waals surface area contributed by atoms with Gasteiger partial charge in [-0.15, -0.1) is 0 Å². The molecule has 3 N–H and O–H groups in total. The summed E-state index contributed by atoms with van der Waals surface area (Å²) in [4.78, 5) is 23.2. The molecule has 4 atom stereocenters. The summed E-state index contributed by atoms with van der Waals surface area (Å²) < 4.78 is 5.64. The number of allylic oxidation sites excluding steroid dienone is 1. The third kappa shape index (κ3) is 3.86. The molecule has 2 aliphatic rings. The van der Waals surface area contributed by atoms with Crippen LogP contribution in [0.25, 0.3) is 0 Å². The van der Waals surface area contributed by atoms with Crippen molar-refractivity contribution >= 4 is 12.3 Å². The number of hydrogen-bond donors (Lipinski definition) is 3. The van der Waals surface area contributed by atoms with Gasteiger partial charge in [0.15, 0.2) is 6.29 Å². The van der Waals surface area contributed by atoms with E-state index in [4.69, 9.17) is 4.74 Å². The fourth-order valence-corrected chi connectivity index (χ4v) is 5.73. The second-order valence-electron chi connectivity index (χ2n) is 10.0. The van der Waals surface area contributed by atoms with Crippen LogP contribution in [-0.4, -0.2) is 33.7 Å². The van der Waals surface area contributed by atoms with Crippen molar-refractivity contribution in [3.8, 4) is 11.5 Å². The molecule has 3 rings (SSSR count). The van der Waals surface area contributed by atoms with Crippen molar-refractivity contribution in [1.82, 2.24) is 0 Å². The molecule has 31 heavy (non-hydrogen) atoms. The van der Waals surface area contributed by atoms with Gasteiger partial charge in [0.05, 0.1) is 12.2 Å². The van der Waals surface area contributed by atoms with Gasteiger partial charge in [-0.25, -0.2) is 0 Å².